The fourth-order valence-corrected chi connectivity index (χ4v) is 4.62. The molecular formula is C26H32N8O3. The van der Waals surface area contributed by atoms with Gasteiger partial charge in [0, 0.05) is 17.7 Å². The molecule has 0 bridgehead atoms. The van der Waals surface area contributed by atoms with Crippen molar-refractivity contribution in [3.8, 4) is 22.6 Å². The maximum Gasteiger partial charge on any atom is 0.408 e. The number of alkyl carbamates (subject to hydrolysis) is 1. The van der Waals surface area contributed by atoms with Crippen molar-refractivity contribution in [2.24, 2.45) is 5.92 Å². The Kier molecular flexibility index (Phi) is 6.77. The Balaban J connectivity index is 1.29. The van der Waals surface area contributed by atoms with Crippen molar-refractivity contribution in [1.29, 1.82) is 0 Å². The van der Waals surface area contributed by atoms with E-state index in [1.54, 1.807) is 31.5 Å². The topological polar surface area (TPSA) is 143 Å². The Hall–Kier alpha value is -4.02. The number of benzene rings is 1. The monoisotopic (exact) mass is 504 g/mol. The minimum absolute atomic E-state index is 0.158. The molecule has 37 heavy (non-hydrogen) atoms. The van der Waals surface area contributed by atoms with Gasteiger partial charge in [-0.15, -0.1) is 0 Å². The molecule has 5 rings (SSSR count). The number of rotatable bonds is 6. The van der Waals surface area contributed by atoms with Crippen molar-refractivity contribution in [3.63, 3.8) is 0 Å². The van der Waals surface area contributed by atoms with Crippen LogP contribution >= 0.6 is 0 Å². The summed E-state index contributed by atoms with van der Waals surface area (Å²) in [5.41, 5.74) is 2.75. The number of ether oxygens (including phenoxy) is 1. The average Bonchev–Trinajstić information content (AvgIpc) is 3.47. The lowest BCUT2D eigenvalue weighted by molar-refractivity contribution is 0.0522. The van der Waals surface area contributed by atoms with E-state index in [-0.39, 0.29) is 12.2 Å². The summed E-state index contributed by atoms with van der Waals surface area (Å²) in [5, 5.41) is 9.76. The Morgan fingerprint density at radius 3 is 2.57 bits per heavy atom. The van der Waals surface area contributed by atoms with E-state index < -0.39 is 11.7 Å². The quantitative estimate of drug-likeness (QED) is 0.357. The number of amides is 1. The van der Waals surface area contributed by atoms with Gasteiger partial charge in [-0.3, -0.25) is 14.6 Å². The smallest absolute Gasteiger partial charge is 0.408 e. The first-order chi connectivity index (χ1) is 17.7. The third kappa shape index (κ3) is 5.87. The van der Waals surface area contributed by atoms with Crippen LogP contribution in [0.25, 0.3) is 33.9 Å². The molecular weight excluding hydrogens is 472 g/mol. The first kappa shape index (κ1) is 24.7. The van der Waals surface area contributed by atoms with Crippen LogP contribution in [0, 0.1) is 5.92 Å². The zero-order valence-corrected chi connectivity index (χ0v) is 21.4. The van der Waals surface area contributed by atoms with Gasteiger partial charge in [0.25, 0.3) is 0 Å². The highest BCUT2D eigenvalue weighted by Gasteiger charge is 2.19. The molecule has 0 atom stereocenters. The highest BCUT2D eigenvalue weighted by atomic mass is 16.6. The van der Waals surface area contributed by atoms with Crippen molar-refractivity contribution < 1.29 is 9.53 Å². The first-order valence-electron chi connectivity index (χ1n) is 12.7. The molecule has 0 radical (unpaired) electrons. The number of aromatic amines is 2. The van der Waals surface area contributed by atoms with Gasteiger partial charge in [0.2, 0.25) is 0 Å². The maximum absolute atomic E-state index is 12.6. The van der Waals surface area contributed by atoms with Crippen LogP contribution in [-0.4, -0.2) is 46.4 Å². The number of hydrogen-bond donors (Lipinski definition) is 3. The Morgan fingerprint density at radius 1 is 1.11 bits per heavy atom. The van der Waals surface area contributed by atoms with E-state index in [0.29, 0.717) is 41.1 Å². The molecule has 0 saturated heterocycles. The normalized spacial score (nSPS) is 14.7. The molecule has 1 aromatic carbocycles. The van der Waals surface area contributed by atoms with E-state index in [9.17, 15) is 9.59 Å². The molecule has 1 aliphatic carbocycles. The summed E-state index contributed by atoms with van der Waals surface area (Å²) in [6.07, 6.45) is 7.17. The minimum Gasteiger partial charge on any atom is -0.444 e. The third-order valence-electron chi connectivity index (χ3n) is 6.42. The van der Waals surface area contributed by atoms with Gasteiger partial charge in [-0.25, -0.2) is 24.5 Å². The Bertz CT molecular complexity index is 1440. The summed E-state index contributed by atoms with van der Waals surface area (Å²) >= 11 is 0. The molecule has 0 spiro atoms. The number of nitrogens with zero attached hydrogens (tertiary/aromatic N) is 5. The number of fused-ring (bicyclic) bond motifs is 1. The lowest BCUT2D eigenvalue weighted by Gasteiger charge is -2.21. The van der Waals surface area contributed by atoms with Gasteiger partial charge in [-0.05, 0) is 39.5 Å². The fourth-order valence-electron chi connectivity index (χ4n) is 4.62. The number of aromatic nitrogens is 7. The highest BCUT2D eigenvalue weighted by Crippen LogP contribution is 2.26. The molecule has 4 aromatic rings. The molecule has 3 N–H and O–H groups in total. The van der Waals surface area contributed by atoms with Crippen molar-refractivity contribution in [3.05, 3.63) is 46.8 Å². The second-order valence-electron chi connectivity index (χ2n) is 10.5. The summed E-state index contributed by atoms with van der Waals surface area (Å²) in [7, 11) is 0. The van der Waals surface area contributed by atoms with Gasteiger partial charge in [0.05, 0.1) is 18.4 Å². The van der Waals surface area contributed by atoms with E-state index in [1.807, 2.05) is 24.3 Å². The number of H-pyrrole nitrogens is 2. The second kappa shape index (κ2) is 10.2. The van der Waals surface area contributed by atoms with Crippen LogP contribution < -0.4 is 11.0 Å². The zero-order valence-electron chi connectivity index (χ0n) is 21.4. The first-order valence-corrected chi connectivity index (χ1v) is 12.7. The summed E-state index contributed by atoms with van der Waals surface area (Å²) < 4.78 is 6.97. The third-order valence-corrected chi connectivity index (χ3v) is 6.42. The number of nitrogens with one attached hydrogen (secondary N) is 3. The summed E-state index contributed by atoms with van der Waals surface area (Å²) in [6.45, 7) is 6.27. The van der Waals surface area contributed by atoms with E-state index in [1.165, 1.54) is 19.3 Å². The van der Waals surface area contributed by atoms with Crippen molar-refractivity contribution >= 4 is 17.4 Å². The molecule has 1 amide bonds. The molecule has 3 heterocycles. The van der Waals surface area contributed by atoms with Gasteiger partial charge in [-0.2, -0.15) is 5.10 Å². The van der Waals surface area contributed by atoms with Gasteiger partial charge in [0.15, 0.2) is 17.1 Å². The summed E-state index contributed by atoms with van der Waals surface area (Å²) in [4.78, 5) is 41.0. The zero-order chi connectivity index (χ0) is 26.0. The minimum atomic E-state index is -0.568. The van der Waals surface area contributed by atoms with Gasteiger partial charge in [-0.1, -0.05) is 43.5 Å². The van der Waals surface area contributed by atoms with Crippen LogP contribution in [0.3, 0.4) is 0 Å². The molecule has 1 fully saturated rings. The number of imidazole rings is 1. The lowest BCUT2D eigenvalue weighted by Crippen LogP contribution is -2.32. The predicted molar refractivity (Wildman–Crippen MR) is 139 cm³/mol. The van der Waals surface area contributed by atoms with E-state index >= 15 is 0 Å². The van der Waals surface area contributed by atoms with Crippen molar-refractivity contribution in [1.82, 2.24) is 40.0 Å². The summed E-state index contributed by atoms with van der Waals surface area (Å²) in [5.74, 6) is 1.53. The lowest BCUT2D eigenvalue weighted by atomic mass is 9.89. The van der Waals surface area contributed by atoms with Gasteiger partial charge in [0.1, 0.15) is 11.4 Å². The largest absolute Gasteiger partial charge is 0.444 e. The van der Waals surface area contributed by atoms with Crippen LogP contribution in [0.4, 0.5) is 4.79 Å². The second-order valence-corrected chi connectivity index (χ2v) is 10.5. The fraction of sp³-hybridized carbons (Fsp3) is 0.462. The molecule has 3 aromatic heterocycles. The average molecular weight is 505 g/mol. The molecule has 0 unspecified atom stereocenters. The van der Waals surface area contributed by atoms with Crippen molar-refractivity contribution in [2.45, 2.75) is 71.6 Å². The van der Waals surface area contributed by atoms with Gasteiger partial charge >= 0.3 is 11.8 Å². The molecule has 1 aliphatic rings. The van der Waals surface area contributed by atoms with Crippen LogP contribution in [0.1, 0.15) is 58.7 Å². The molecule has 194 valence electrons. The SMILES string of the molecule is CC(C)(C)OC(=O)NCc1nc(-c2ccc(-c3cnc4[nH]c(=O)n(CC5CCCCC5)c4n3)cc2)n[nH]1. The van der Waals surface area contributed by atoms with Crippen LogP contribution in [0.5, 0.6) is 0 Å². The van der Waals surface area contributed by atoms with Crippen LogP contribution in [-0.2, 0) is 17.8 Å². The van der Waals surface area contributed by atoms with Crippen molar-refractivity contribution in [2.75, 3.05) is 0 Å². The Morgan fingerprint density at radius 2 is 1.84 bits per heavy atom. The standard InChI is InChI=1S/C26H32N8O3/c1-26(2,3)37-25(36)28-14-20-30-21(33-32-20)18-11-9-17(10-12-18)19-13-27-22-23(29-19)34(24(35)31-22)15-16-7-5-4-6-8-16/h9-13,16H,4-8,14-15H2,1-3H3,(H,28,36)(H,27,31,35)(H,30,32,33). The number of carbonyl (C=O) groups is 1. The number of carbonyl (C=O) groups excluding carboxylic acids is 1. The summed E-state index contributed by atoms with van der Waals surface area (Å²) in [6, 6.07) is 7.66. The molecule has 0 aliphatic heterocycles. The molecule has 11 nitrogen and oxygen atoms in total. The van der Waals surface area contributed by atoms with Gasteiger partial charge < -0.3 is 10.1 Å². The van der Waals surface area contributed by atoms with E-state index in [4.69, 9.17) is 9.72 Å². The Labute approximate surface area is 214 Å². The maximum atomic E-state index is 12.6. The molecule has 11 heteroatoms. The molecule has 1 saturated carbocycles. The number of hydrogen-bond acceptors (Lipinski definition) is 7. The van der Waals surface area contributed by atoms with E-state index in [2.05, 4.69) is 30.5 Å². The van der Waals surface area contributed by atoms with Crippen LogP contribution in [0.2, 0.25) is 0 Å². The van der Waals surface area contributed by atoms with E-state index in [0.717, 1.165) is 24.0 Å². The predicted octanol–water partition coefficient (Wildman–Crippen LogP) is 4.18. The highest BCUT2D eigenvalue weighted by molar-refractivity contribution is 5.72. The van der Waals surface area contributed by atoms with Crippen LogP contribution in [0.15, 0.2) is 35.3 Å².